The summed E-state index contributed by atoms with van der Waals surface area (Å²) in [5.41, 5.74) is 1.29. The number of likely N-dealkylation sites (N-methyl/N-ethyl adjacent to an activating group) is 1. The summed E-state index contributed by atoms with van der Waals surface area (Å²) in [6, 6.07) is 0.167. The average Bonchev–Trinajstić information content (AvgIpc) is 2.44. The first kappa shape index (κ1) is 19.6. The number of halogens is 1. The van der Waals surface area contributed by atoms with Crippen LogP contribution in [0.25, 0.3) is 0 Å². The molecule has 0 spiro atoms. The fourth-order valence-electron chi connectivity index (χ4n) is 2.19. The van der Waals surface area contributed by atoms with E-state index in [-0.39, 0.29) is 29.9 Å². The van der Waals surface area contributed by atoms with Crippen LogP contribution in [0.2, 0.25) is 0 Å². The third kappa shape index (κ3) is 5.13. The summed E-state index contributed by atoms with van der Waals surface area (Å²) in [5.74, 6) is -0.329. The fourth-order valence-corrected chi connectivity index (χ4v) is 2.19. The largest absolute Gasteiger partial charge is 0.350 e. The smallest absolute Gasteiger partial charge is 0.277 e. The molecule has 3 N–H and O–H groups in total. The number of hydrogen-bond acceptors (Lipinski definition) is 4. The predicted molar refractivity (Wildman–Crippen MR) is 86.3 cm³/mol. The zero-order valence-corrected chi connectivity index (χ0v) is 13.9. The molecule has 1 amide bonds. The predicted octanol–water partition coefficient (Wildman–Crippen LogP) is 1.04. The molecular weight excluding hydrogens is 292 g/mol. The van der Waals surface area contributed by atoms with Crippen LogP contribution >= 0.6 is 12.4 Å². The molecular formula is C14H25ClN4O2. The molecule has 0 saturated heterocycles. The maximum Gasteiger partial charge on any atom is 0.277 e. The molecule has 1 heterocycles. The van der Waals surface area contributed by atoms with Gasteiger partial charge in [0.1, 0.15) is 5.56 Å². The first-order valence-electron chi connectivity index (χ1n) is 7.17. The summed E-state index contributed by atoms with van der Waals surface area (Å²) in [7, 11) is 0. The van der Waals surface area contributed by atoms with Gasteiger partial charge in [-0.2, -0.15) is 5.10 Å². The molecule has 7 heteroatoms. The van der Waals surface area contributed by atoms with E-state index in [4.69, 9.17) is 0 Å². The Morgan fingerprint density at radius 2 is 1.95 bits per heavy atom. The maximum atomic E-state index is 12.2. The lowest BCUT2D eigenvalue weighted by atomic mass is 10.0. The van der Waals surface area contributed by atoms with E-state index in [1.807, 2.05) is 27.7 Å². The summed E-state index contributed by atoms with van der Waals surface area (Å²) in [4.78, 5) is 24.1. The van der Waals surface area contributed by atoms with Crippen LogP contribution in [-0.4, -0.2) is 35.2 Å². The van der Waals surface area contributed by atoms with Crippen LogP contribution in [0.3, 0.4) is 0 Å². The Labute approximate surface area is 131 Å². The topological polar surface area (TPSA) is 86.9 Å². The van der Waals surface area contributed by atoms with E-state index < -0.39 is 5.56 Å². The minimum absolute atomic E-state index is 0. The number of carbonyl (C=O) groups excluding carboxylic acids is 1. The van der Waals surface area contributed by atoms with Crippen molar-refractivity contribution in [2.24, 2.45) is 0 Å². The molecule has 1 atom stereocenters. The monoisotopic (exact) mass is 316 g/mol. The number of carbonyl (C=O) groups is 1. The molecule has 0 unspecified atom stereocenters. The van der Waals surface area contributed by atoms with E-state index in [0.29, 0.717) is 19.4 Å². The minimum atomic E-state index is -0.423. The molecule has 0 bridgehead atoms. The lowest BCUT2D eigenvalue weighted by Gasteiger charge is -2.14. The molecule has 0 aliphatic heterocycles. The first-order chi connectivity index (χ1) is 9.54. The second-order valence-corrected chi connectivity index (χ2v) is 4.73. The fraction of sp³-hybridized carbons (Fsp3) is 0.643. The van der Waals surface area contributed by atoms with Crippen molar-refractivity contribution in [1.29, 1.82) is 0 Å². The first-order valence-corrected chi connectivity index (χ1v) is 7.17. The summed E-state index contributed by atoms with van der Waals surface area (Å²) >= 11 is 0. The van der Waals surface area contributed by atoms with Crippen molar-refractivity contribution in [3.63, 3.8) is 0 Å². The Morgan fingerprint density at radius 3 is 2.48 bits per heavy atom. The van der Waals surface area contributed by atoms with Gasteiger partial charge < -0.3 is 10.6 Å². The van der Waals surface area contributed by atoms with Crippen LogP contribution in [0.1, 0.15) is 49.3 Å². The van der Waals surface area contributed by atoms with Crippen molar-refractivity contribution < 1.29 is 4.79 Å². The van der Waals surface area contributed by atoms with Crippen LogP contribution in [0.15, 0.2) is 4.79 Å². The van der Waals surface area contributed by atoms with Gasteiger partial charge in [-0.25, -0.2) is 5.10 Å². The van der Waals surface area contributed by atoms with Crippen LogP contribution in [0.4, 0.5) is 0 Å². The van der Waals surface area contributed by atoms with Crippen molar-refractivity contribution in [3.05, 3.63) is 27.2 Å². The Balaban J connectivity index is 0.00000400. The van der Waals surface area contributed by atoms with Crippen molar-refractivity contribution in [2.45, 2.75) is 46.6 Å². The van der Waals surface area contributed by atoms with Gasteiger partial charge in [0.15, 0.2) is 0 Å². The van der Waals surface area contributed by atoms with Gasteiger partial charge in [0.05, 0.1) is 5.69 Å². The average molecular weight is 317 g/mol. The van der Waals surface area contributed by atoms with E-state index >= 15 is 0 Å². The number of hydrogen-bond donors (Lipinski definition) is 3. The van der Waals surface area contributed by atoms with Crippen molar-refractivity contribution in [3.8, 4) is 0 Å². The number of aromatic nitrogens is 2. The van der Waals surface area contributed by atoms with Crippen molar-refractivity contribution in [2.75, 3.05) is 13.1 Å². The number of aryl methyl sites for hydroxylation is 1. The highest BCUT2D eigenvalue weighted by molar-refractivity contribution is 5.95. The Hall–Kier alpha value is -1.40. The highest BCUT2D eigenvalue weighted by Gasteiger charge is 2.18. The summed E-state index contributed by atoms with van der Waals surface area (Å²) in [6.45, 7) is 9.20. The molecule has 0 aromatic carbocycles. The van der Waals surface area contributed by atoms with Gasteiger partial charge in [-0.3, -0.25) is 9.59 Å². The number of H-pyrrole nitrogens is 1. The molecule has 0 aliphatic carbocycles. The number of nitrogens with one attached hydrogen (secondary N) is 3. The number of aromatic amines is 1. The zero-order valence-electron chi connectivity index (χ0n) is 13.1. The Kier molecular flexibility index (Phi) is 8.89. The molecule has 0 fully saturated rings. The van der Waals surface area contributed by atoms with Crippen molar-refractivity contribution >= 4 is 18.3 Å². The Bertz CT molecular complexity index is 516. The quantitative estimate of drug-likeness (QED) is 0.701. The van der Waals surface area contributed by atoms with E-state index in [9.17, 15) is 9.59 Å². The second-order valence-electron chi connectivity index (χ2n) is 4.73. The summed E-state index contributed by atoms with van der Waals surface area (Å²) < 4.78 is 0. The van der Waals surface area contributed by atoms with Gasteiger partial charge in [-0.15, -0.1) is 12.4 Å². The van der Waals surface area contributed by atoms with Crippen LogP contribution < -0.4 is 16.2 Å². The van der Waals surface area contributed by atoms with Gasteiger partial charge in [0.25, 0.3) is 11.5 Å². The zero-order chi connectivity index (χ0) is 15.1. The molecule has 0 saturated carbocycles. The molecule has 1 rings (SSSR count). The molecule has 6 nitrogen and oxygen atoms in total. The second kappa shape index (κ2) is 9.52. The SMILES string of the molecule is CCN[C@H](C)CNC(=O)c1c(CC)c(CC)n[nH]c1=O.Cl. The van der Waals surface area contributed by atoms with Crippen molar-refractivity contribution in [1.82, 2.24) is 20.8 Å². The minimum Gasteiger partial charge on any atom is -0.350 e. The van der Waals surface area contributed by atoms with Gasteiger partial charge in [-0.1, -0.05) is 20.8 Å². The molecule has 0 radical (unpaired) electrons. The van der Waals surface area contributed by atoms with Gasteiger partial charge in [0, 0.05) is 12.6 Å². The lowest BCUT2D eigenvalue weighted by Crippen LogP contribution is -2.41. The van der Waals surface area contributed by atoms with Gasteiger partial charge >= 0.3 is 0 Å². The lowest BCUT2D eigenvalue weighted by molar-refractivity contribution is 0.0947. The van der Waals surface area contributed by atoms with Gasteiger partial charge in [-0.05, 0) is 31.9 Å². The molecule has 0 aliphatic rings. The number of amides is 1. The standard InChI is InChI=1S/C14H24N4O2.ClH/c1-5-10-11(6-2)17-18-14(20)12(10)13(19)16-8-9(4)15-7-3;/h9,15H,5-8H2,1-4H3,(H,16,19)(H,18,20);1H/t9-;/m1./s1. The number of nitrogens with zero attached hydrogens (tertiary/aromatic N) is 1. The Morgan fingerprint density at radius 1 is 1.29 bits per heavy atom. The van der Waals surface area contributed by atoms with Gasteiger partial charge in [0.2, 0.25) is 0 Å². The van der Waals surface area contributed by atoms with E-state index in [1.165, 1.54) is 0 Å². The van der Waals surface area contributed by atoms with Crippen LogP contribution in [0, 0.1) is 0 Å². The molecule has 1 aromatic heterocycles. The van der Waals surface area contributed by atoms with E-state index in [0.717, 1.165) is 17.8 Å². The van der Waals surface area contributed by atoms with E-state index in [2.05, 4.69) is 20.8 Å². The molecule has 120 valence electrons. The molecule has 21 heavy (non-hydrogen) atoms. The highest BCUT2D eigenvalue weighted by atomic mass is 35.5. The highest BCUT2D eigenvalue weighted by Crippen LogP contribution is 2.09. The normalized spacial score (nSPS) is 11.6. The van der Waals surface area contributed by atoms with Crippen LogP contribution in [0.5, 0.6) is 0 Å². The molecule has 1 aromatic rings. The van der Waals surface area contributed by atoms with Crippen LogP contribution in [-0.2, 0) is 12.8 Å². The summed E-state index contributed by atoms with van der Waals surface area (Å²) in [5, 5.41) is 12.4. The maximum absolute atomic E-state index is 12.2. The van der Waals surface area contributed by atoms with E-state index in [1.54, 1.807) is 0 Å². The third-order valence-electron chi connectivity index (χ3n) is 3.21. The number of rotatable bonds is 7. The summed E-state index contributed by atoms with van der Waals surface area (Å²) in [6.07, 6.45) is 1.31. The third-order valence-corrected chi connectivity index (χ3v) is 3.21.